The average molecular weight is 367 g/mol. The number of rotatable bonds is 6. The van der Waals surface area contributed by atoms with Gasteiger partial charge in [-0.15, -0.1) is 0 Å². The smallest absolute Gasteiger partial charge is 0.273 e. The third-order valence-electron chi connectivity index (χ3n) is 5.53. The molecular formula is C21H25N3O3. The van der Waals surface area contributed by atoms with E-state index in [0.29, 0.717) is 30.2 Å². The Balaban J connectivity index is 1.51. The van der Waals surface area contributed by atoms with Gasteiger partial charge in [0, 0.05) is 31.3 Å². The SMILES string of the molecule is COCc1c(C(=O)NCCc2c(C)n3c4c(cccc24)CCC3)noc1C. The van der Waals surface area contributed by atoms with Crippen molar-refractivity contribution < 1.29 is 14.1 Å². The number of benzene rings is 1. The second-order valence-corrected chi connectivity index (χ2v) is 7.14. The predicted molar refractivity (Wildman–Crippen MR) is 103 cm³/mol. The Hall–Kier alpha value is -2.60. The number of nitrogens with one attached hydrogen (secondary N) is 1. The van der Waals surface area contributed by atoms with Crippen LogP contribution in [-0.4, -0.2) is 29.3 Å². The fraction of sp³-hybridized carbons (Fsp3) is 0.429. The van der Waals surface area contributed by atoms with Gasteiger partial charge in [-0.1, -0.05) is 23.4 Å². The van der Waals surface area contributed by atoms with E-state index in [2.05, 4.69) is 40.2 Å². The molecular weight excluding hydrogens is 342 g/mol. The number of methoxy groups -OCH3 is 1. The Kier molecular flexibility index (Phi) is 4.74. The first-order chi connectivity index (χ1) is 13.1. The Bertz CT molecular complexity index is 1000. The number of carbonyl (C=O) groups excluding carboxylic acids is 1. The van der Waals surface area contributed by atoms with Gasteiger partial charge in [0.2, 0.25) is 0 Å². The van der Waals surface area contributed by atoms with Gasteiger partial charge in [0.25, 0.3) is 5.91 Å². The van der Waals surface area contributed by atoms with Crippen LogP contribution in [-0.2, 0) is 30.7 Å². The highest BCUT2D eigenvalue weighted by Gasteiger charge is 2.21. The van der Waals surface area contributed by atoms with E-state index in [1.807, 2.05) is 0 Å². The lowest BCUT2D eigenvalue weighted by molar-refractivity contribution is 0.0941. The average Bonchev–Trinajstić information content (AvgIpc) is 3.17. The minimum atomic E-state index is -0.217. The largest absolute Gasteiger partial charge is 0.380 e. The van der Waals surface area contributed by atoms with Crippen LogP contribution in [0.3, 0.4) is 0 Å². The molecule has 6 heteroatoms. The molecule has 0 unspecified atom stereocenters. The molecule has 0 aliphatic carbocycles. The van der Waals surface area contributed by atoms with Crippen molar-refractivity contribution >= 4 is 16.8 Å². The van der Waals surface area contributed by atoms with Gasteiger partial charge in [-0.05, 0) is 44.2 Å². The first-order valence-electron chi connectivity index (χ1n) is 9.43. The van der Waals surface area contributed by atoms with Gasteiger partial charge in [0.1, 0.15) is 5.76 Å². The molecule has 1 aromatic carbocycles. The fourth-order valence-electron chi connectivity index (χ4n) is 4.17. The molecule has 2 aromatic heterocycles. The van der Waals surface area contributed by atoms with Crippen molar-refractivity contribution in [2.75, 3.05) is 13.7 Å². The lowest BCUT2D eigenvalue weighted by atomic mass is 10.0. The summed E-state index contributed by atoms with van der Waals surface area (Å²) in [6.07, 6.45) is 3.12. The van der Waals surface area contributed by atoms with Crippen molar-refractivity contribution in [3.8, 4) is 0 Å². The maximum atomic E-state index is 12.5. The second kappa shape index (κ2) is 7.19. The number of amides is 1. The molecule has 3 heterocycles. The number of hydrogen-bond acceptors (Lipinski definition) is 4. The molecule has 0 spiro atoms. The molecule has 0 bridgehead atoms. The number of para-hydroxylation sites is 1. The summed E-state index contributed by atoms with van der Waals surface area (Å²) in [5, 5.41) is 8.19. The summed E-state index contributed by atoms with van der Waals surface area (Å²) in [7, 11) is 1.59. The maximum Gasteiger partial charge on any atom is 0.273 e. The van der Waals surface area contributed by atoms with Crippen LogP contribution in [0.4, 0.5) is 0 Å². The number of aryl methyl sites for hydroxylation is 3. The van der Waals surface area contributed by atoms with Crippen LogP contribution in [0.15, 0.2) is 22.7 Å². The zero-order valence-corrected chi connectivity index (χ0v) is 16.1. The van der Waals surface area contributed by atoms with E-state index in [9.17, 15) is 4.79 Å². The second-order valence-electron chi connectivity index (χ2n) is 7.14. The summed E-state index contributed by atoms with van der Waals surface area (Å²) < 4.78 is 12.7. The van der Waals surface area contributed by atoms with Crippen LogP contribution < -0.4 is 5.32 Å². The zero-order valence-electron chi connectivity index (χ0n) is 16.1. The van der Waals surface area contributed by atoms with E-state index in [1.165, 1.54) is 34.1 Å². The van der Waals surface area contributed by atoms with E-state index >= 15 is 0 Å². The molecule has 1 N–H and O–H groups in total. The monoisotopic (exact) mass is 367 g/mol. The number of nitrogens with zero attached hydrogens (tertiary/aromatic N) is 2. The minimum Gasteiger partial charge on any atom is -0.380 e. The van der Waals surface area contributed by atoms with E-state index < -0.39 is 0 Å². The van der Waals surface area contributed by atoms with Crippen LogP contribution >= 0.6 is 0 Å². The molecule has 0 saturated heterocycles. The van der Waals surface area contributed by atoms with Crippen molar-refractivity contribution in [1.82, 2.24) is 15.0 Å². The molecule has 0 fully saturated rings. The molecule has 0 atom stereocenters. The zero-order chi connectivity index (χ0) is 19.0. The highest BCUT2D eigenvalue weighted by Crippen LogP contribution is 2.32. The summed E-state index contributed by atoms with van der Waals surface area (Å²) in [4.78, 5) is 12.5. The van der Waals surface area contributed by atoms with Gasteiger partial charge < -0.3 is 19.1 Å². The molecule has 1 amide bonds. The summed E-state index contributed by atoms with van der Waals surface area (Å²) in [5.74, 6) is 0.400. The summed E-state index contributed by atoms with van der Waals surface area (Å²) in [6.45, 7) is 5.92. The fourth-order valence-corrected chi connectivity index (χ4v) is 4.17. The third-order valence-corrected chi connectivity index (χ3v) is 5.53. The number of hydrogen-bond donors (Lipinski definition) is 1. The molecule has 6 nitrogen and oxygen atoms in total. The van der Waals surface area contributed by atoms with Gasteiger partial charge in [-0.2, -0.15) is 0 Å². The summed E-state index contributed by atoms with van der Waals surface area (Å²) >= 11 is 0. The molecule has 27 heavy (non-hydrogen) atoms. The molecule has 142 valence electrons. The highest BCUT2D eigenvalue weighted by atomic mass is 16.5. The van der Waals surface area contributed by atoms with Crippen molar-refractivity contribution in [2.24, 2.45) is 0 Å². The highest BCUT2D eigenvalue weighted by molar-refractivity contribution is 5.94. The Morgan fingerprint density at radius 3 is 3.00 bits per heavy atom. The quantitative estimate of drug-likeness (QED) is 0.726. The van der Waals surface area contributed by atoms with Gasteiger partial charge in [-0.25, -0.2) is 0 Å². The topological polar surface area (TPSA) is 69.3 Å². The van der Waals surface area contributed by atoms with E-state index in [4.69, 9.17) is 9.26 Å². The van der Waals surface area contributed by atoms with Crippen molar-refractivity contribution in [3.63, 3.8) is 0 Å². The van der Waals surface area contributed by atoms with Crippen LogP contribution in [0, 0.1) is 13.8 Å². The molecule has 0 saturated carbocycles. The van der Waals surface area contributed by atoms with Crippen LogP contribution in [0.1, 0.15) is 45.1 Å². The first kappa shape index (κ1) is 17.8. The molecule has 1 aliphatic rings. The van der Waals surface area contributed by atoms with Crippen LogP contribution in [0.5, 0.6) is 0 Å². The van der Waals surface area contributed by atoms with Crippen molar-refractivity contribution in [2.45, 2.75) is 46.3 Å². The number of aromatic nitrogens is 2. The van der Waals surface area contributed by atoms with Crippen LogP contribution in [0.2, 0.25) is 0 Å². The Morgan fingerprint density at radius 1 is 1.33 bits per heavy atom. The first-order valence-corrected chi connectivity index (χ1v) is 9.43. The Labute approximate surface area is 158 Å². The predicted octanol–water partition coefficient (Wildman–Crippen LogP) is 3.31. The van der Waals surface area contributed by atoms with Gasteiger partial charge >= 0.3 is 0 Å². The molecule has 1 aliphatic heterocycles. The minimum absolute atomic E-state index is 0.217. The standard InChI is InChI=1S/C21H25N3O3/c1-13-16(17-8-4-6-15-7-5-11-24(13)20(15)17)9-10-22-21(25)19-18(12-26-3)14(2)27-23-19/h4,6,8H,5,7,9-12H2,1-3H3,(H,22,25). The maximum absolute atomic E-state index is 12.5. The lowest BCUT2D eigenvalue weighted by Gasteiger charge is -2.16. The molecule has 4 rings (SSSR count). The lowest BCUT2D eigenvalue weighted by Crippen LogP contribution is -2.27. The van der Waals surface area contributed by atoms with Crippen molar-refractivity contribution in [3.05, 3.63) is 52.0 Å². The van der Waals surface area contributed by atoms with E-state index in [0.717, 1.165) is 19.4 Å². The summed E-state index contributed by atoms with van der Waals surface area (Å²) in [5.41, 5.74) is 6.45. The van der Waals surface area contributed by atoms with E-state index in [-0.39, 0.29) is 5.91 Å². The summed E-state index contributed by atoms with van der Waals surface area (Å²) in [6, 6.07) is 6.57. The van der Waals surface area contributed by atoms with E-state index in [1.54, 1.807) is 14.0 Å². The van der Waals surface area contributed by atoms with Crippen LogP contribution in [0.25, 0.3) is 10.9 Å². The number of carbonyl (C=O) groups is 1. The molecule has 0 radical (unpaired) electrons. The normalized spacial score (nSPS) is 13.3. The van der Waals surface area contributed by atoms with Crippen molar-refractivity contribution in [1.29, 1.82) is 0 Å². The van der Waals surface area contributed by atoms with Gasteiger partial charge in [0.05, 0.1) is 17.7 Å². The third kappa shape index (κ3) is 3.04. The Morgan fingerprint density at radius 2 is 2.19 bits per heavy atom. The van der Waals surface area contributed by atoms with Gasteiger partial charge in [0.15, 0.2) is 5.69 Å². The molecule has 3 aromatic rings. The number of ether oxygens (including phenoxy) is 1. The van der Waals surface area contributed by atoms with Gasteiger partial charge in [-0.3, -0.25) is 4.79 Å².